The van der Waals surface area contributed by atoms with Gasteiger partial charge in [-0.15, -0.1) is 0 Å². The summed E-state index contributed by atoms with van der Waals surface area (Å²) in [7, 11) is 0. The molecule has 0 unspecified atom stereocenters. The molecule has 4 N–H and O–H groups in total. The van der Waals surface area contributed by atoms with E-state index in [1.165, 1.54) is 48.7 Å². The highest BCUT2D eigenvalue weighted by atomic mass is 19.1. The normalized spacial score (nSPS) is 13.9. The number of aromatic nitrogens is 3. The van der Waals surface area contributed by atoms with E-state index in [4.69, 9.17) is 4.74 Å². The van der Waals surface area contributed by atoms with Crippen molar-refractivity contribution in [3.8, 4) is 11.5 Å². The third-order valence-electron chi connectivity index (χ3n) is 5.78. The molecule has 1 aliphatic rings. The molecule has 0 radical (unpaired) electrons. The van der Waals surface area contributed by atoms with Gasteiger partial charge in [0.1, 0.15) is 17.0 Å². The molecule has 2 amide bonds. The summed E-state index contributed by atoms with van der Waals surface area (Å²) in [4.78, 5) is 29.6. The van der Waals surface area contributed by atoms with Crippen LogP contribution in [0.2, 0.25) is 0 Å². The molecule has 0 spiro atoms. The average Bonchev–Trinajstić information content (AvgIpc) is 3.56. The van der Waals surface area contributed by atoms with E-state index >= 15 is 0 Å². The summed E-state index contributed by atoms with van der Waals surface area (Å²) in [6.07, 6.45) is 2.12. The largest absolute Gasteiger partial charge is 0.453 e. The van der Waals surface area contributed by atoms with E-state index in [1.807, 2.05) is 0 Å². The van der Waals surface area contributed by atoms with Crippen LogP contribution >= 0.6 is 0 Å². The van der Waals surface area contributed by atoms with E-state index in [2.05, 4.69) is 25.8 Å². The lowest BCUT2D eigenvalue weighted by atomic mass is 10.0. The molecule has 0 bridgehead atoms. The Bertz CT molecular complexity index is 1430. The predicted molar refractivity (Wildman–Crippen MR) is 122 cm³/mol. The second-order valence-corrected chi connectivity index (χ2v) is 8.11. The van der Waals surface area contributed by atoms with Crippen LogP contribution in [-0.2, 0) is 16.2 Å². The molecule has 35 heavy (non-hydrogen) atoms. The number of benzene rings is 2. The topological polar surface area (TPSA) is 129 Å². The lowest BCUT2D eigenvalue weighted by molar-refractivity contribution is -0.131. The van der Waals surface area contributed by atoms with Crippen molar-refractivity contribution in [1.82, 2.24) is 15.2 Å². The number of carbonyl (C=O) groups excluding carboxylic acids is 2. The van der Waals surface area contributed by atoms with Gasteiger partial charge in [0.2, 0.25) is 11.8 Å². The van der Waals surface area contributed by atoms with E-state index in [1.54, 1.807) is 0 Å². The van der Waals surface area contributed by atoms with Crippen molar-refractivity contribution >= 4 is 34.2 Å². The van der Waals surface area contributed by atoms with Crippen molar-refractivity contribution in [3.05, 3.63) is 72.1 Å². The minimum Gasteiger partial charge on any atom is -0.453 e. The van der Waals surface area contributed by atoms with Crippen molar-refractivity contribution in [1.29, 1.82) is 0 Å². The lowest BCUT2D eigenvalue weighted by Gasteiger charge is -2.16. The number of nitrogens with zero attached hydrogens (tertiary/aromatic N) is 2. The van der Waals surface area contributed by atoms with E-state index in [0.717, 1.165) is 6.07 Å². The molecule has 2 aromatic heterocycles. The molecule has 2 heterocycles. The van der Waals surface area contributed by atoms with Crippen LogP contribution in [0, 0.1) is 17.0 Å². The first-order chi connectivity index (χ1) is 16.9. The van der Waals surface area contributed by atoms with E-state index < -0.39 is 28.9 Å². The van der Waals surface area contributed by atoms with Crippen LogP contribution in [0.25, 0.3) is 11.0 Å². The fourth-order valence-corrected chi connectivity index (χ4v) is 3.67. The molecule has 4 aromatic rings. The maximum Gasteiger partial charge on any atom is 0.240 e. The molecule has 1 aliphatic carbocycles. The Morgan fingerprint density at radius 2 is 1.69 bits per heavy atom. The summed E-state index contributed by atoms with van der Waals surface area (Å²) >= 11 is 0. The van der Waals surface area contributed by atoms with Gasteiger partial charge in [0.15, 0.2) is 17.2 Å². The third kappa shape index (κ3) is 4.28. The Morgan fingerprint density at radius 1 is 1.00 bits per heavy atom. The average molecular weight is 479 g/mol. The zero-order chi connectivity index (χ0) is 24.6. The number of fused-ring (bicyclic) bond motifs is 1. The van der Waals surface area contributed by atoms with E-state index in [-0.39, 0.29) is 23.8 Å². The van der Waals surface area contributed by atoms with Gasteiger partial charge in [-0.1, -0.05) is 0 Å². The van der Waals surface area contributed by atoms with Crippen LogP contribution in [0.3, 0.4) is 0 Å². The molecule has 178 valence electrons. The Labute approximate surface area is 197 Å². The summed E-state index contributed by atoms with van der Waals surface area (Å²) in [6, 6.07) is 10.6. The first-order valence-corrected chi connectivity index (χ1v) is 10.7. The maximum absolute atomic E-state index is 14.8. The van der Waals surface area contributed by atoms with Crippen molar-refractivity contribution in [2.45, 2.75) is 19.4 Å². The minimum atomic E-state index is -1.27. The van der Waals surface area contributed by atoms with E-state index in [0.29, 0.717) is 35.3 Å². The lowest BCUT2D eigenvalue weighted by Crippen LogP contribution is -2.35. The van der Waals surface area contributed by atoms with Crippen LogP contribution in [0.4, 0.5) is 20.2 Å². The molecule has 5 rings (SSSR count). The Kier molecular flexibility index (Phi) is 5.61. The van der Waals surface area contributed by atoms with Gasteiger partial charge in [-0.3, -0.25) is 14.7 Å². The minimum absolute atomic E-state index is 0.115. The third-order valence-corrected chi connectivity index (χ3v) is 5.78. The number of amides is 2. The van der Waals surface area contributed by atoms with Gasteiger partial charge in [0.25, 0.3) is 0 Å². The van der Waals surface area contributed by atoms with E-state index in [9.17, 15) is 23.5 Å². The zero-order valence-electron chi connectivity index (χ0n) is 18.1. The summed E-state index contributed by atoms with van der Waals surface area (Å²) in [5.41, 5.74) is -0.0642. The zero-order valence-corrected chi connectivity index (χ0v) is 18.1. The number of aromatic amines is 1. The molecule has 2 aromatic carbocycles. The van der Waals surface area contributed by atoms with Gasteiger partial charge in [0.05, 0.1) is 17.7 Å². The summed E-state index contributed by atoms with van der Waals surface area (Å²) < 4.78 is 33.6. The van der Waals surface area contributed by atoms with Crippen LogP contribution in [0.5, 0.6) is 11.5 Å². The maximum atomic E-state index is 14.8. The number of nitrogens with one attached hydrogen (secondary N) is 3. The molecule has 1 fully saturated rings. The van der Waals surface area contributed by atoms with Gasteiger partial charge >= 0.3 is 0 Å². The summed E-state index contributed by atoms with van der Waals surface area (Å²) in [6.45, 7) is -0.331. The molecular weight excluding hydrogens is 460 g/mol. The van der Waals surface area contributed by atoms with Crippen LogP contribution in [-0.4, -0.2) is 32.1 Å². The van der Waals surface area contributed by atoms with Gasteiger partial charge in [-0.25, -0.2) is 13.8 Å². The SMILES string of the molecule is O=C(Nc1ccc(F)cc1)C1(C(=O)Nc2ccc(Oc3ccnc4n[nH]c(CO)c34)c(F)c2)CC1. The highest BCUT2D eigenvalue weighted by Gasteiger charge is 2.56. The fourth-order valence-electron chi connectivity index (χ4n) is 3.67. The number of aliphatic hydroxyl groups excluding tert-OH is 1. The number of rotatable bonds is 7. The Morgan fingerprint density at radius 3 is 2.34 bits per heavy atom. The standard InChI is InChI=1S/C24H19F2N5O4/c25-13-1-3-14(4-2-13)28-22(33)24(8-9-24)23(34)29-15-5-6-18(16(26)11-15)35-19-7-10-27-21-20(19)17(12-32)30-31-21/h1-7,10-11,32H,8-9,12H2,(H,28,33)(H,29,34)(H,27,30,31). The number of ether oxygens (including phenoxy) is 1. The molecule has 11 heteroatoms. The molecule has 0 atom stereocenters. The fraction of sp³-hybridized carbons (Fsp3) is 0.167. The number of halogens is 2. The number of anilines is 2. The molecule has 0 saturated heterocycles. The molecular formula is C24H19F2N5O4. The van der Waals surface area contributed by atoms with Crippen LogP contribution in [0.15, 0.2) is 54.7 Å². The molecule has 0 aliphatic heterocycles. The van der Waals surface area contributed by atoms with Gasteiger partial charge in [-0.2, -0.15) is 5.10 Å². The number of hydrogen-bond donors (Lipinski definition) is 4. The van der Waals surface area contributed by atoms with Crippen molar-refractivity contribution < 1.29 is 28.2 Å². The highest BCUT2D eigenvalue weighted by molar-refractivity contribution is 6.16. The smallest absolute Gasteiger partial charge is 0.240 e. The van der Waals surface area contributed by atoms with Gasteiger partial charge in [0, 0.05) is 23.6 Å². The molecule has 9 nitrogen and oxygen atoms in total. The summed E-state index contributed by atoms with van der Waals surface area (Å²) in [5, 5.41) is 21.7. The number of carbonyl (C=O) groups is 2. The summed E-state index contributed by atoms with van der Waals surface area (Å²) in [5.74, 6) is -2.13. The number of pyridine rings is 1. The predicted octanol–water partition coefficient (Wildman–Crippen LogP) is 3.88. The Balaban J connectivity index is 1.29. The number of aliphatic hydroxyl groups is 1. The van der Waals surface area contributed by atoms with Crippen molar-refractivity contribution in [2.75, 3.05) is 10.6 Å². The van der Waals surface area contributed by atoms with Gasteiger partial charge in [-0.05, 0) is 55.3 Å². The quantitative estimate of drug-likeness (QED) is 0.298. The Hall–Kier alpha value is -4.38. The van der Waals surface area contributed by atoms with Crippen LogP contribution < -0.4 is 15.4 Å². The van der Waals surface area contributed by atoms with Crippen molar-refractivity contribution in [2.24, 2.45) is 5.41 Å². The number of H-pyrrole nitrogens is 1. The monoisotopic (exact) mass is 479 g/mol. The van der Waals surface area contributed by atoms with Gasteiger partial charge < -0.3 is 20.5 Å². The van der Waals surface area contributed by atoms with Crippen LogP contribution in [0.1, 0.15) is 18.5 Å². The second-order valence-electron chi connectivity index (χ2n) is 8.11. The number of hydrogen-bond acceptors (Lipinski definition) is 6. The highest BCUT2D eigenvalue weighted by Crippen LogP contribution is 2.47. The first kappa shape index (κ1) is 22.4. The van der Waals surface area contributed by atoms with Crippen molar-refractivity contribution in [3.63, 3.8) is 0 Å². The second kappa shape index (κ2) is 8.76. The molecule has 1 saturated carbocycles. The first-order valence-electron chi connectivity index (χ1n) is 10.7.